The van der Waals surface area contributed by atoms with E-state index in [1.54, 1.807) is 29.2 Å². The summed E-state index contributed by atoms with van der Waals surface area (Å²) in [6.07, 6.45) is 0.880. The number of nitrogens with zero attached hydrogens (tertiary/aromatic N) is 1. The van der Waals surface area contributed by atoms with Crippen LogP contribution in [0.1, 0.15) is 47.9 Å². The number of para-hydroxylation sites is 1. The molecule has 2 amide bonds. The predicted octanol–water partition coefficient (Wildman–Crippen LogP) is 3.88. The zero-order valence-corrected chi connectivity index (χ0v) is 14.5. The van der Waals surface area contributed by atoms with Gasteiger partial charge in [-0.2, -0.15) is 0 Å². The molecule has 0 aromatic heterocycles. The van der Waals surface area contributed by atoms with Gasteiger partial charge in [-0.15, -0.1) is 0 Å². The maximum Gasteiger partial charge on any atom is 0.258 e. The van der Waals surface area contributed by atoms with Gasteiger partial charge in [0.25, 0.3) is 11.8 Å². The first-order chi connectivity index (χ1) is 11.6. The molecule has 126 valence electrons. The normalized spacial score (nSPS) is 11.6. The fourth-order valence-electron chi connectivity index (χ4n) is 2.38. The average molecular weight is 324 g/mol. The van der Waals surface area contributed by atoms with Crippen molar-refractivity contribution in [2.45, 2.75) is 33.2 Å². The lowest BCUT2D eigenvalue weighted by atomic mass is 10.1. The third kappa shape index (κ3) is 4.22. The van der Waals surface area contributed by atoms with Crippen LogP contribution in [-0.2, 0) is 0 Å². The number of nitrogens with one attached hydrogen (secondary N) is 1. The molecule has 4 nitrogen and oxygen atoms in total. The fourth-order valence-corrected chi connectivity index (χ4v) is 2.38. The Morgan fingerprint density at radius 1 is 0.958 bits per heavy atom. The van der Waals surface area contributed by atoms with Crippen molar-refractivity contribution in [1.82, 2.24) is 5.32 Å². The number of hydrogen-bond acceptors (Lipinski definition) is 2. The van der Waals surface area contributed by atoms with Crippen molar-refractivity contribution >= 4 is 17.5 Å². The summed E-state index contributed by atoms with van der Waals surface area (Å²) in [7, 11) is 0. The maximum atomic E-state index is 12.7. The van der Waals surface area contributed by atoms with Crippen LogP contribution < -0.4 is 10.2 Å². The first kappa shape index (κ1) is 17.7. The van der Waals surface area contributed by atoms with Crippen molar-refractivity contribution in [2.24, 2.45) is 0 Å². The first-order valence-electron chi connectivity index (χ1n) is 8.34. The van der Waals surface area contributed by atoms with Crippen LogP contribution in [0.2, 0.25) is 0 Å². The van der Waals surface area contributed by atoms with Crippen molar-refractivity contribution < 1.29 is 9.59 Å². The van der Waals surface area contributed by atoms with E-state index in [1.165, 1.54) is 0 Å². The van der Waals surface area contributed by atoms with Gasteiger partial charge in [0, 0.05) is 29.4 Å². The molecule has 1 atom stereocenters. The number of anilines is 1. The molecule has 0 saturated carbocycles. The van der Waals surface area contributed by atoms with Gasteiger partial charge in [-0.3, -0.25) is 9.59 Å². The van der Waals surface area contributed by atoms with Crippen LogP contribution in [0, 0.1) is 0 Å². The van der Waals surface area contributed by atoms with Gasteiger partial charge in [-0.1, -0.05) is 25.1 Å². The average Bonchev–Trinajstić information content (AvgIpc) is 2.63. The Hall–Kier alpha value is -2.62. The minimum atomic E-state index is -0.112. The maximum absolute atomic E-state index is 12.7. The molecule has 0 bridgehead atoms. The van der Waals surface area contributed by atoms with Gasteiger partial charge < -0.3 is 10.2 Å². The molecule has 2 aromatic carbocycles. The Labute approximate surface area is 143 Å². The second-order valence-electron chi connectivity index (χ2n) is 5.75. The molecule has 4 heteroatoms. The molecular weight excluding hydrogens is 300 g/mol. The Kier molecular flexibility index (Phi) is 6.13. The molecule has 0 aliphatic carbocycles. The van der Waals surface area contributed by atoms with Crippen molar-refractivity contribution in [1.29, 1.82) is 0 Å². The Bertz CT molecular complexity index is 681. The van der Waals surface area contributed by atoms with Crippen molar-refractivity contribution in [3.05, 3.63) is 65.7 Å². The summed E-state index contributed by atoms with van der Waals surface area (Å²) in [5.74, 6) is -0.184. The number of benzene rings is 2. The van der Waals surface area contributed by atoms with E-state index in [-0.39, 0.29) is 17.9 Å². The minimum Gasteiger partial charge on any atom is -0.350 e. The largest absolute Gasteiger partial charge is 0.350 e. The van der Waals surface area contributed by atoms with Crippen molar-refractivity contribution in [3.8, 4) is 0 Å². The van der Waals surface area contributed by atoms with Crippen LogP contribution in [0.15, 0.2) is 54.6 Å². The highest BCUT2D eigenvalue weighted by atomic mass is 16.2. The molecule has 2 aromatic rings. The molecule has 0 aliphatic heterocycles. The van der Waals surface area contributed by atoms with Gasteiger partial charge in [0.2, 0.25) is 0 Å². The molecule has 1 unspecified atom stereocenters. The monoisotopic (exact) mass is 324 g/mol. The van der Waals surface area contributed by atoms with Gasteiger partial charge >= 0.3 is 0 Å². The highest BCUT2D eigenvalue weighted by molar-refractivity contribution is 6.06. The highest BCUT2D eigenvalue weighted by Crippen LogP contribution is 2.17. The lowest BCUT2D eigenvalue weighted by Gasteiger charge is -2.21. The van der Waals surface area contributed by atoms with Gasteiger partial charge in [-0.05, 0) is 56.7 Å². The van der Waals surface area contributed by atoms with Gasteiger partial charge in [0.1, 0.15) is 0 Å². The van der Waals surface area contributed by atoms with Crippen LogP contribution >= 0.6 is 0 Å². The van der Waals surface area contributed by atoms with Gasteiger partial charge in [-0.25, -0.2) is 0 Å². The van der Waals surface area contributed by atoms with Crippen molar-refractivity contribution in [2.75, 3.05) is 11.4 Å². The van der Waals surface area contributed by atoms with E-state index in [1.807, 2.05) is 51.1 Å². The molecule has 0 fully saturated rings. The highest BCUT2D eigenvalue weighted by Gasteiger charge is 2.16. The number of amides is 2. The summed E-state index contributed by atoms with van der Waals surface area (Å²) < 4.78 is 0. The summed E-state index contributed by atoms with van der Waals surface area (Å²) >= 11 is 0. The van der Waals surface area contributed by atoms with Crippen LogP contribution in [-0.4, -0.2) is 24.4 Å². The van der Waals surface area contributed by atoms with Crippen LogP contribution in [0.4, 0.5) is 5.69 Å². The Balaban J connectivity index is 2.14. The van der Waals surface area contributed by atoms with E-state index in [0.717, 1.165) is 12.1 Å². The summed E-state index contributed by atoms with van der Waals surface area (Å²) in [5.41, 5.74) is 2.00. The van der Waals surface area contributed by atoms with E-state index in [2.05, 4.69) is 5.32 Å². The summed E-state index contributed by atoms with van der Waals surface area (Å²) in [6, 6.07) is 16.5. The van der Waals surface area contributed by atoms with E-state index in [4.69, 9.17) is 0 Å². The Morgan fingerprint density at radius 3 is 2.08 bits per heavy atom. The molecule has 1 N–H and O–H groups in total. The van der Waals surface area contributed by atoms with E-state index in [9.17, 15) is 9.59 Å². The standard InChI is InChI=1S/C20H24N2O2/c1-4-15(3)21-19(23)16-11-13-17(14-12-16)20(24)22(5-2)18-9-7-6-8-10-18/h6-15H,4-5H2,1-3H3,(H,21,23). The molecule has 0 saturated heterocycles. The van der Waals surface area contributed by atoms with E-state index >= 15 is 0 Å². The smallest absolute Gasteiger partial charge is 0.258 e. The lowest BCUT2D eigenvalue weighted by molar-refractivity contribution is 0.0936. The van der Waals surface area contributed by atoms with Gasteiger partial charge in [0.05, 0.1) is 0 Å². The first-order valence-corrected chi connectivity index (χ1v) is 8.34. The quantitative estimate of drug-likeness (QED) is 0.876. The number of carbonyl (C=O) groups excluding carboxylic acids is 2. The molecule has 0 spiro atoms. The van der Waals surface area contributed by atoms with Crippen LogP contribution in [0.3, 0.4) is 0 Å². The zero-order valence-electron chi connectivity index (χ0n) is 14.5. The third-order valence-corrected chi connectivity index (χ3v) is 4.01. The number of carbonyl (C=O) groups is 2. The molecule has 24 heavy (non-hydrogen) atoms. The second-order valence-corrected chi connectivity index (χ2v) is 5.75. The van der Waals surface area contributed by atoms with E-state index in [0.29, 0.717) is 17.7 Å². The van der Waals surface area contributed by atoms with Crippen molar-refractivity contribution in [3.63, 3.8) is 0 Å². The van der Waals surface area contributed by atoms with Crippen LogP contribution in [0.5, 0.6) is 0 Å². The SMILES string of the molecule is CCC(C)NC(=O)c1ccc(C(=O)N(CC)c2ccccc2)cc1. The minimum absolute atomic E-state index is 0.0717. The Morgan fingerprint density at radius 2 is 1.54 bits per heavy atom. The summed E-state index contributed by atoms with van der Waals surface area (Å²) in [5, 5.41) is 2.92. The molecule has 0 aliphatic rings. The number of rotatable bonds is 6. The summed E-state index contributed by atoms with van der Waals surface area (Å²) in [4.78, 5) is 26.5. The molecule has 0 heterocycles. The molecule has 2 rings (SSSR count). The molecular formula is C20H24N2O2. The van der Waals surface area contributed by atoms with Crippen LogP contribution in [0.25, 0.3) is 0 Å². The second kappa shape index (κ2) is 8.29. The predicted molar refractivity (Wildman–Crippen MR) is 97.5 cm³/mol. The number of hydrogen-bond donors (Lipinski definition) is 1. The fraction of sp³-hybridized carbons (Fsp3) is 0.300. The molecule has 0 radical (unpaired) electrons. The lowest BCUT2D eigenvalue weighted by Crippen LogP contribution is -2.32. The zero-order chi connectivity index (χ0) is 17.5. The summed E-state index contributed by atoms with van der Waals surface area (Å²) in [6.45, 7) is 6.52. The van der Waals surface area contributed by atoms with Gasteiger partial charge in [0.15, 0.2) is 0 Å². The third-order valence-electron chi connectivity index (χ3n) is 4.01. The topological polar surface area (TPSA) is 49.4 Å². The van der Waals surface area contributed by atoms with E-state index < -0.39 is 0 Å².